The molecular formula is C25H27N3O2. The van der Waals surface area contributed by atoms with Crippen LogP contribution >= 0.6 is 0 Å². The molecule has 5 nitrogen and oxygen atoms in total. The van der Waals surface area contributed by atoms with E-state index in [1.165, 1.54) is 0 Å². The standard InChI is InChI=1S/C25H27N3O2/c1-4-13-26-24(29)22(14-16(2)3)28-23(18-10-5-6-11-19(18)25(28)30)20-15-27-21-12-8-7-9-17(20)21/h4-12,15-16,22-23,27H,1,13-14H2,2-3H3,(H,26,29). The Kier molecular flexibility index (Phi) is 5.44. The highest BCUT2D eigenvalue weighted by molar-refractivity contribution is 6.03. The van der Waals surface area contributed by atoms with E-state index >= 15 is 0 Å². The Balaban J connectivity index is 1.86. The van der Waals surface area contributed by atoms with Gasteiger partial charge in [0, 0.05) is 34.8 Å². The van der Waals surface area contributed by atoms with Crippen LogP contribution in [-0.2, 0) is 4.79 Å². The smallest absolute Gasteiger partial charge is 0.255 e. The number of H-pyrrole nitrogens is 1. The van der Waals surface area contributed by atoms with Crippen LogP contribution in [0.15, 0.2) is 67.4 Å². The number of carbonyl (C=O) groups is 2. The third kappa shape index (κ3) is 3.41. The monoisotopic (exact) mass is 401 g/mol. The molecule has 4 rings (SSSR count). The van der Waals surface area contributed by atoms with Crippen LogP contribution in [0.25, 0.3) is 10.9 Å². The molecule has 1 aliphatic heterocycles. The van der Waals surface area contributed by atoms with Crippen molar-refractivity contribution in [2.45, 2.75) is 32.4 Å². The molecule has 0 bridgehead atoms. The van der Waals surface area contributed by atoms with Gasteiger partial charge in [-0.1, -0.05) is 56.3 Å². The normalized spacial score (nSPS) is 16.7. The summed E-state index contributed by atoms with van der Waals surface area (Å²) in [5, 5.41) is 3.97. The first-order valence-electron chi connectivity index (χ1n) is 10.4. The quantitative estimate of drug-likeness (QED) is 0.575. The van der Waals surface area contributed by atoms with E-state index < -0.39 is 6.04 Å². The Morgan fingerprint density at radius 2 is 1.90 bits per heavy atom. The van der Waals surface area contributed by atoms with Crippen molar-refractivity contribution in [1.29, 1.82) is 0 Å². The van der Waals surface area contributed by atoms with E-state index in [0.717, 1.165) is 22.0 Å². The zero-order valence-corrected chi connectivity index (χ0v) is 17.4. The average molecular weight is 402 g/mol. The molecule has 2 heterocycles. The van der Waals surface area contributed by atoms with Gasteiger partial charge in [0.1, 0.15) is 6.04 Å². The van der Waals surface area contributed by atoms with Crippen LogP contribution in [0.3, 0.4) is 0 Å². The van der Waals surface area contributed by atoms with Crippen LogP contribution in [0.4, 0.5) is 0 Å². The summed E-state index contributed by atoms with van der Waals surface area (Å²) in [6.07, 6.45) is 4.20. The Morgan fingerprint density at radius 3 is 2.67 bits per heavy atom. The summed E-state index contributed by atoms with van der Waals surface area (Å²) in [7, 11) is 0. The number of para-hydroxylation sites is 1. The molecule has 2 unspecified atom stereocenters. The molecule has 2 aromatic carbocycles. The van der Waals surface area contributed by atoms with Crippen LogP contribution < -0.4 is 5.32 Å². The van der Waals surface area contributed by atoms with Crippen molar-refractivity contribution in [3.05, 3.63) is 84.1 Å². The number of amides is 2. The average Bonchev–Trinajstić information content (AvgIpc) is 3.29. The fourth-order valence-electron chi connectivity index (χ4n) is 4.38. The van der Waals surface area contributed by atoms with Crippen molar-refractivity contribution in [3.63, 3.8) is 0 Å². The zero-order chi connectivity index (χ0) is 21.3. The van der Waals surface area contributed by atoms with Gasteiger partial charge in [-0.25, -0.2) is 0 Å². The molecule has 0 aliphatic carbocycles. The fourth-order valence-corrected chi connectivity index (χ4v) is 4.38. The molecule has 2 amide bonds. The van der Waals surface area contributed by atoms with Crippen LogP contribution in [0.1, 0.15) is 47.8 Å². The molecule has 0 radical (unpaired) electrons. The number of aromatic nitrogens is 1. The fraction of sp³-hybridized carbons (Fsp3) is 0.280. The minimum absolute atomic E-state index is 0.0970. The van der Waals surface area contributed by atoms with Crippen molar-refractivity contribution in [1.82, 2.24) is 15.2 Å². The summed E-state index contributed by atoms with van der Waals surface area (Å²) in [5.41, 5.74) is 3.63. The van der Waals surface area contributed by atoms with Crippen LogP contribution in [0.2, 0.25) is 0 Å². The molecule has 0 fully saturated rings. The predicted molar refractivity (Wildman–Crippen MR) is 119 cm³/mol. The van der Waals surface area contributed by atoms with Crippen LogP contribution in [0, 0.1) is 5.92 Å². The van der Waals surface area contributed by atoms with Crippen molar-refractivity contribution in [2.75, 3.05) is 6.54 Å². The van der Waals surface area contributed by atoms with Gasteiger partial charge in [-0.15, -0.1) is 6.58 Å². The summed E-state index contributed by atoms with van der Waals surface area (Å²) in [6, 6.07) is 14.9. The largest absolute Gasteiger partial charge is 0.361 e. The van der Waals surface area contributed by atoms with Gasteiger partial charge < -0.3 is 15.2 Å². The van der Waals surface area contributed by atoms with Crippen molar-refractivity contribution in [2.24, 2.45) is 5.92 Å². The first kappa shape index (κ1) is 20.0. The number of benzene rings is 2. The molecule has 0 spiro atoms. The lowest BCUT2D eigenvalue weighted by molar-refractivity contribution is -0.126. The van der Waals surface area contributed by atoms with E-state index in [9.17, 15) is 9.59 Å². The van der Waals surface area contributed by atoms with Crippen molar-refractivity contribution >= 4 is 22.7 Å². The predicted octanol–water partition coefficient (Wildman–Crippen LogP) is 4.43. The number of aromatic amines is 1. The lowest BCUT2D eigenvalue weighted by atomic mass is 9.95. The molecule has 1 aromatic heterocycles. The maximum absolute atomic E-state index is 13.6. The highest BCUT2D eigenvalue weighted by Crippen LogP contribution is 2.43. The summed E-state index contributed by atoms with van der Waals surface area (Å²) >= 11 is 0. The van der Waals surface area contributed by atoms with E-state index in [1.807, 2.05) is 48.7 Å². The topological polar surface area (TPSA) is 65.2 Å². The Bertz CT molecular complexity index is 1100. The summed E-state index contributed by atoms with van der Waals surface area (Å²) < 4.78 is 0. The maximum Gasteiger partial charge on any atom is 0.255 e. The second-order valence-electron chi connectivity index (χ2n) is 8.17. The van der Waals surface area contributed by atoms with Gasteiger partial charge in [0.05, 0.1) is 6.04 Å². The lowest BCUT2D eigenvalue weighted by Gasteiger charge is -2.33. The molecule has 2 atom stereocenters. The highest BCUT2D eigenvalue weighted by Gasteiger charge is 2.44. The zero-order valence-electron chi connectivity index (χ0n) is 17.4. The number of rotatable bonds is 7. The van der Waals surface area contributed by atoms with E-state index in [-0.39, 0.29) is 23.8 Å². The Hall–Kier alpha value is -3.34. The summed E-state index contributed by atoms with van der Waals surface area (Å²) in [4.78, 5) is 31.8. The van der Waals surface area contributed by atoms with E-state index in [4.69, 9.17) is 0 Å². The van der Waals surface area contributed by atoms with Gasteiger partial charge in [-0.05, 0) is 30.0 Å². The lowest BCUT2D eigenvalue weighted by Crippen LogP contribution is -2.49. The second kappa shape index (κ2) is 8.19. The van der Waals surface area contributed by atoms with Gasteiger partial charge in [0.2, 0.25) is 5.91 Å². The molecule has 1 aliphatic rings. The van der Waals surface area contributed by atoms with Crippen molar-refractivity contribution < 1.29 is 9.59 Å². The number of carbonyl (C=O) groups excluding carboxylic acids is 2. The van der Waals surface area contributed by atoms with Crippen molar-refractivity contribution in [3.8, 4) is 0 Å². The minimum atomic E-state index is -0.566. The highest BCUT2D eigenvalue weighted by atomic mass is 16.2. The van der Waals surface area contributed by atoms with Gasteiger partial charge in [-0.2, -0.15) is 0 Å². The number of hydrogen-bond acceptors (Lipinski definition) is 2. The third-order valence-electron chi connectivity index (χ3n) is 5.67. The third-order valence-corrected chi connectivity index (χ3v) is 5.67. The summed E-state index contributed by atoms with van der Waals surface area (Å²) in [5.74, 6) is 0.0134. The maximum atomic E-state index is 13.6. The summed E-state index contributed by atoms with van der Waals surface area (Å²) in [6.45, 7) is 8.21. The molecule has 0 saturated carbocycles. The number of nitrogens with one attached hydrogen (secondary N) is 2. The van der Waals surface area contributed by atoms with Crippen LogP contribution in [0.5, 0.6) is 0 Å². The molecular weight excluding hydrogens is 374 g/mol. The second-order valence-corrected chi connectivity index (χ2v) is 8.17. The van der Waals surface area contributed by atoms with Gasteiger partial charge >= 0.3 is 0 Å². The van der Waals surface area contributed by atoms with E-state index in [0.29, 0.717) is 18.5 Å². The van der Waals surface area contributed by atoms with E-state index in [1.54, 1.807) is 11.0 Å². The van der Waals surface area contributed by atoms with Gasteiger partial charge in [0.25, 0.3) is 5.91 Å². The number of nitrogens with zero attached hydrogens (tertiary/aromatic N) is 1. The molecule has 0 saturated heterocycles. The van der Waals surface area contributed by atoms with Gasteiger partial charge in [-0.3, -0.25) is 9.59 Å². The first-order chi connectivity index (χ1) is 14.5. The Morgan fingerprint density at radius 1 is 1.17 bits per heavy atom. The molecule has 30 heavy (non-hydrogen) atoms. The molecule has 2 N–H and O–H groups in total. The molecule has 5 heteroatoms. The van der Waals surface area contributed by atoms with Crippen LogP contribution in [-0.4, -0.2) is 34.3 Å². The Labute approximate surface area is 176 Å². The van der Waals surface area contributed by atoms with E-state index in [2.05, 4.69) is 36.8 Å². The SMILES string of the molecule is C=CCNC(=O)C(CC(C)C)N1C(=O)c2ccccc2C1c1c[nH]c2ccccc12. The first-order valence-corrected chi connectivity index (χ1v) is 10.4. The minimum Gasteiger partial charge on any atom is -0.361 e. The molecule has 3 aromatic rings. The number of hydrogen-bond donors (Lipinski definition) is 2. The van der Waals surface area contributed by atoms with Gasteiger partial charge in [0.15, 0.2) is 0 Å². The number of fused-ring (bicyclic) bond motifs is 2. The molecule has 154 valence electrons.